The van der Waals surface area contributed by atoms with Gasteiger partial charge in [0.15, 0.2) is 0 Å². The van der Waals surface area contributed by atoms with Crippen molar-refractivity contribution in [2.75, 3.05) is 13.3 Å². The van der Waals surface area contributed by atoms with E-state index >= 15 is 0 Å². The minimum absolute atomic E-state index is 0.114. The minimum atomic E-state index is -0.407. The second kappa shape index (κ2) is 9.32. The van der Waals surface area contributed by atoms with Crippen LogP contribution in [0.2, 0.25) is 0 Å². The lowest BCUT2D eigenvalue weighted by molar-refractivity contribution is 0.0526. The van der Waals surface area contributed by atoms with Gasteiger partial charge in [-0.15, -0.1) is 11.3 Å². The van der Waals surface area contributed by atoms with Gasteiger partial charge in [-0.05, 0) is 61.7 Å². The third-order valence-electron chi connectivity index (χ3n) is 5.57. The molecule has 0 fully saturated rings. The topological polar surface area (TPSA) is 78.2 Å². The molecule has 0 bridgehead atoms. The van der Waals surface area contributed by atoms with Crippen LogP contribution >= 0.6 is 11.3 Å². The highest BCUT2D eigenvalue weighted by atomic mass is 32.1. The van der Waals surface area contributed by atoms with Crippen LogP contribution in [0.15, 0.2) is 63.1 Å². The maximum absolute atomic E-state index is 13.3. The van der Waals surface area contributed by atoms with Crippen LogP contribution in [0, 0.1) is 6.92 Å². The summed E-state index contributed by atoms with van der Waals surface area (Å²) in [4.78, 5) is 28.6. The normalized spacial score (nSPS) is 13.4. The quantitative estimate of drug-likeness (QED) is 0.340. The lowest BCUT2D eigenvalue weighted by Gasteiger charge is -2.29. The third-order valence-corrected chi connectivity index (χ3v) is 6.43. The molecular weight excluding hydrogens is 454 g/mol. The molecule has 3 heterocycles. The van der Waals surface area contributed by atoms with Crippen molar-refractivity contribution >= 4 is 28.3 Å². The van der Waals surface area contributed by atoms with Gasteiger partial charge in [0.05, 0.1) is 23.1 Å². The third kappa shape index (κ3) is 4.30. The van der Waals surface area contributed by atoms with E-state index in [1.165, 1.54) is 4.88 Å². The van der Waals surface area contributed by atoms with E-state index in [2.05, 4.69) is 16.3 Å². The van der Waals surface area contributed by atoms with Crippen LogP contribution in [0.4, 0.5) is 0 Å². The fourth-order valence-electron chi connectivity index (χ4n) is 3.94. The van der Waals surface area contributed by atoms with Crippen molar-refractivity contribution < 1.29 is 23.4 Å². The molecule has 0 aliphatic carbocycles. The number of aryl methyl sites for hydroxylation is 1. The number of carbonyl (C=O) groups is 1. The molecule has 4 aromatic rings. The largest absolute Gasteiger partial charge is 0.478 e. The molecule has 1 aliphatic rings. The first-order chi connectivity index (χ1) is 16.5. The molecule has 174 valence electrons. The zero-order valence-electron chi connectivity index (χ0n) is 18.8. The van der Waals surface area contributed by atoms with E-state index in [1.54, 1.807) is 55.5 Å². The van der Waals surface area contributed by atoms with Crippen molar-refractivity contribution in [3.05, 3.63) is 85.9 Å². The summed E-state index contributed by atoms with van der Waals surface area (Å²) in [6, 6.07) is 14.1. The lowest BCUT2D eigenvalue weighted by atomic mass is 10.1. The summed E-state index contributed by atoms with van der Waals surface area (Å²) < 4.78 is 22.9. The van der Waals surface area contributed by atoms with Crippen LogP contribution < -0.4 is 14.9 Å². The van der Waals surface area contributed by atoms with Gasteiger partial charge in [0.25, 0.3) is 0 Å². The molecule has 0 atom stereocenters. The van der Waals surface area contributed by atoms with E-state index in [9.17, 15) is 9.59 Å². The number of hydrogen-bond acceptors (Lipinski definition) is 8. The second-order valence-corrected chi connectivity index (χ2v) is 8.95. The van der Waals surface area contributed by atoms with Crippen LogP contribution in [0.3, 0.4) is 0 Å². The Morgan fingerprint density at radius 2 is 1.97 bits per heavy atom. The number of nitrogens with zero attached hydrogens (tertiary/aromatic N) is 1. The summed E-state index contributed by atoms with van der Waals surface area (Å²) in [5.41, 5.74) is 1.52. The van der Waals surface area contributed by atoms with Crippen LogP contribution in [-0.2, 0) is 17.8 Å². The van der Waals surface area contributed by atoms with Crippen molar-refractivity contribution in [1.82, 2.24) is 4.90 Å². The maximum atomic E-state index is 13.3. The fourth-order valence-corrected chi connectivity index (χ4v) is 4.68. The molecule has 2 aromatic heterocycles. The maximum Gasteiger partial charge on any atom is 0.338 e. The Kier molecular flexibility index (Phi) is 6.08. The molecule has 5 rings (SSSR count). The fraction of sp³-hybridized carbons (Fsp3) is 0.231. The predicted molar refractivity (Wildman–Crippen MR) is 129 cm³/mol. The van der Waals surface area contributed by atoms with Crippen molar-refractivity contribution in [3.8, 4) is 17.2 Å². The van der Waals surface area contributed by atoms with Crippen molar-refractivity contribution in [1.29, 1.82) is 0 Å². The number of fused-ring (bicyclic) bond motifs is 3. The van der Waals surface area contributed by atoms with E-state index in [1.807, 2.05) is 12.1 Å². The van der Waals surface area contributed by atoms with Gasteiger partial charge >= 0.3 is 5.97 Å². The summed E-state index contributed by atoms with van der Waals surface area (Å²) in [5.74, 6) is 1.22. The Morgan fingerprint density at radius 1 is 1.15 bits per heavy atom. The van der Waals surface area contributed by atoms with Gasteiger partial charge in [0.1, 0.15) is 29.6 Å². The molecule has 0 radical (unpaired) electrons. The van der Waals surface area contributed by atoms with Crippen molar-refractivity contribution in [2.45, 2.75) is 26.9 Å². The van der Waals surface area contributed by atoms with Gasteiger partial charge in [0.2, 0.25) is 11.2 Å². The van der Waals surface area contributed by atoms with Gasteiger partial charge in [-0.1, -0.05) is 6.07 Å². The van der Waals surface area contributed by atoms with Gasteiger partial charge in [0, 0.05) is 18.0 Å². The van der Waals surface area contributed by atoms with Crippen molar-refractivity contribution in [2.24, 2.45) is 0 Å². The molecule has 1 aliphatic heterocycles. The summed E-state index contributed by atoms with van der Waals surface area (Å²) >= 11 is 1.70. The van der Waals surface area contributed by atoms with E-state index in [0.717, 1.165) is 17.9 Å². The average molecular weight is 478 g/mol. The molecule has 0 amide bonds. The van der Waals surface area contributed by atoms with Crippen LogP contribution in [-0.4, -0.2) is 24.2 Å². The predicted octanol–water partition coefficient (Wildman–Crippen LogP) is 5.48. The molecule has 7 nitrogen and oxygen atoms in total. The smallest absolute Gasteiger partial charge is 0.338 e. The Hall–Kier alpha value is -3.62. The van der Waals surface area contributed by atoms with Gasteiger partial charge in [-0.2, -0.15) is 0 Å². The molecule has 0 N–H and O–H groups in total. The monoisotopic (exact) mass is 477 g/mol. The molecule has 0 saturated carbocycles. The van der Waals surface area contributed by atoms with Crippen LogP contribution in [0.25, 0.3) is 11.0 Å². The van der Waals surface area contributed by atoms with Crippen LogP contribution in [0.1, 0.15) is 33.5 Å². The van der Waals surface area contributed by atoms with E-state index < -0.39 is 5.97 Å². The number of hydrogen-bond donors (Lipinski definition) is 0. The number of rotatable bonds is 6. The summed E-state index contributed by atoms with van der Waals surface area (Å²) in [7, 11) is 0. The standard InChI is InChI=1S/C26H23NO6S/c1-3-30-26(29)17-6-8-18(9-7-17)33-24-16(2)32-25-20(23(24)28)10-11-22-21(25)14-27(15-31-22)13-19-5-4-12-34-19/h4-12H,3,13-15H2,1-2H3. The highest BCUT2D eigenvalue weighted by Gasteiger charge is 2.24. The van der Waals surface area contributed by atoms with Gasteiger partial charge in [-0.3, -0.25) is 9.69 Å². The zero-order valence-corrected chi connectivity index (χ0v) is 19.6. The van der Waals surface area contributed by atoms with E-state index in [0.29, 0.717) is 47.9 Å². The molecule has 0 spiro atoms. The molecule has 0 unspecified atom stereocenters. The SMILES string of the molecule is CCOC(=O)c1ccc(Oc2c(C)oc3c4c(ccc3c2=O)OCN(Cc2cccs2)C4)cc1. The van der Waals surface area contributed by atoms with E-state index in [-0.39, 0.29) is 11.2 Å². The molecule has 2 aromatic carbocycles. The number of esters is 1. The molecular formula is C26H23NO6S. The Labute approximate surface area is 200 Å². The highest BCUT2D eigenvalue weighted by molar-refractivity contribution is 7.09. The second-order valence-electron chi connectivity index (χ2n) is 7.92. The number of carbonyl (C=O) groups excluding carboxylic acids is 1. The molecule has 34 heavy (non-hydrogen) atoms. The zero-order chi connectivity index (χ0) is 23.7. The van der Waals surface area contributed by atoms with Crippen LogP contribution in [0.5, 0.6) is 17.2 Å². The van der Waals surface area contributed by atoms with Gasteiger partial charge in [-0.25, -0.2) is 4.79 Å². The summed E-state index contributed by atoms with van der Waals surface area (Å²) in [5, 5.41) is 2.49. The Balaban J connectivity index is 1.44. The summed E-state index contributed by atoms with van der Waals surface area (Å²) in [6.45, 7) is 5.61. The van der Waals surface area contributed by atoms with Crippen molar-refractivity contribution in [3.63, 3.8) is 0 Å². The Morgan fingerprint density at radius 3 is 2.71 bits per heavy atom. The first-order valence-corrected chi connectivity index (χ1v) is 11.8. The Bertz CT molecular complexity index is 1390. The van der Waals surface area contributed by atoms with Gasteiger partial charge < -0.3 is 18.6 Å². The molecule has 8 heteroatoms. The number of ether oxygens (including phenoxy) is 3. The minimum Gasteiger partial charge on any atom is -0.478 e. The first-order valence-electron chi connectivity index (χ1n) is 11.0. The first kappa shape index (κ1) is 22.2. The number of thiophene rings is 1. The highest BCUT2D eigenvalue weighted by Crippen LogP contribution is 2.34. The van der Waals surface area contributed by atoms with E-state index in [4.69, 9.17) is 18.6 Å². The number of benzene rings is 2. The molecule has 0 saturated heterocycles. The summed E-state index contributed by atoms with van der Waals surface area (Å²) in [6.07, 6.45) is 0. The average Bonchev–Trinajstić information content (AvgIpc) is 3.35. The lowest BCUT2D eigenvalue weighted by Crippen LogP contribution is -2.31.